The minimum absolute atomic E-state index is 0.256. The lowest BCUT2D eigenvalue weighted by atomic mass is 9.84. The highest BCUT2D eigenvalue weighted by Gasteiger charge is 2.16. The largest absolute Gasteiger partial charge is 0.300 e. The first-order valence-electron chi connectivity index (χ1n) is 8.62. The molecule has 2 aromatic carbocycles. The molecule has 0 unspecified atom stereocenters. The second-order valence-electron chi connectivity index (χ2n) is 6.97. The van der Waals surface area contributed by atoms with E-state index < -0.39 is 0 Å². The minimum atomic E-state index is 0.256. The van der Waals surface area contributed by atoms with Gasteiger partial charge < -0.3 is 4.79 Å². The average molecular weight is 308 g/mol. The molecule has 0 aliphatic heterocycles. The van der Waals surface area contributed by atoms with Crippen molar-refractivity contribution in [3.8, 4) is 11.1 Å². The Morgan fingerprint density at radius 3 is 2.00 bits per heavy atom. The number of rotatable bonds is 6. The second-order valence-corrected chi connectivity index (χ2v) is 6.97. The maximum atomic E-state index is 11.5. The van der Waals surface area contributed by atoms with Crippen LogP contribution in [0.3, 0.4) is 0 Å². The van der Waals surface area contributed by atoms with Crippen LogP contribution in [-0.4, -0.2) is 5.78 Å². The van der Waals surface area contributed by atoms with Crippen molar-refractivity contribution in [1.82, 2.24) is 0 Å². The van der Waals surface area contributed by atoms with Gasteiger partial charge in [-0.05, 0) is 53.0 Å². The molecule has 0 amide bonds. The number of benzene rings is 2. The van der Waals surface area contributed by atoms with Gasteiger partial charge in [0, 0.05) is 6.42 Å². The zero-order chi connectivity index (χ0) is 17.0. The molecule has 0 saturated heterocycles. The van der Waals surface area contributed by atoms with E-state index in [-0.39, 0.29) is 5.78 Å². The van der Waals surface area contributed by atoms with Gasteiger partial charge in [0.1, 0.15) is 5.78 Å². The lowest BCUT2D eigenvalue weighted by Gasteiger charge is -2.20. The van der Waals surface area contributed by atoms with Crippen LogP contribution in [0, 0.1) is 0 Å². The molecular weight excluding hydrogens is 280 g/mol. The summed E-state index contributed by atoms with van der Waals surface area (Å²) >= 11 is 0. The predicted octanol–water partition coefficient (Wildman–Crippen LogP) is 6.12. The third-order valence-corrected chi connectivity index (χ3v) is 4.43. The van der Waals surface area contributed by atoms with E-state index >= 15 is 0 Å². The summed E-state index contributed by atoms with van der Waals surface area (Å²) in [6, 6.07) is 15.2. The highest BCUT2D eigenvalue weighted by molar-refractivity contribution is 5.77. The van der Waals surface area contributed by atoms with Crippen LogP contribution in [0.25, 0.3) is 11.1 Å². The molecule has 0 heterocycles. The van der Waals surface area contributed by atoms with Gasteiger partial charge in [0.05, 0.1) is 0 Å². The van der Waals surface area contributed by atoms with Crippen LogP contribution in [0.15, 0.2) is 42.5 Å². The fourth-order valence-corrected chi connectivity index (χ4v) is 3.22. The summed E-state index contributed by atoms with van der Waals surface area (Å²) in [4.78, 5) is 11.5. The molecule has 0 fully saturated rings. The molecule has 122 valence electrons. The minimum Gasteiger partial charge on any atom is -0.300 e. The van der Waals surface area contributed by atoms with Crippen LogP contribution in [-0.2, 0) is 11.2 Å². The first-order chi connectivity index (χ1) is 10.9. The van der Waals surface area contributed by atoms with Gasteiger partial charge in [-0.3, -0.25) is 0 Å². The summed E-state index contributed by atoms with van der Waals surface area (Å²) in [6.07, 6.45) is 1.44. The molecular formula is C22H28O. The standard InChI is InChI=1S/C22H28O/c1-15(2)18-9-6-7-10-20(18)21-12-8-11-19(16(3)4)22(21)14-13-17(5)23/h6-12,15-16H,13-14H2,1-5H3. The van der Waals surface area contributed by atoms with Gasteiger partial charge in [-0.15, -0.1) is 0 Å². The summed E-state index contributed by atoms with van der Waals surface area (Å²) < 4.78 is 0. The Balaban J connectivity index is 2.62. The first-order valence-corrected chi connectivity index (χ1v) is 8.62. The third-order valence-electron chi connectivity index (χ3n) is 4.43. The van der Waals surface area contributed by atoms with Crippen molar-refractivity contribution in [3.63, 3.8) is 0 Å². The molecule has 0 aliphatic carbocycles. The summed E-state index contributed by atoms with van der Waals surface area (Å²) in [5, 5.41) is 0. The molecule has 2 aromatic rings. The molecule has 0 radical (unpaired) electrons. The number of hydrogen-bond acceptors (Lipinski definition) is 1. The zero-order valence-corrected chi connectivity index (χ0v) is 15.0. The average Bonchev–Trinajstić information content (AvgIpc) is 2.52. The Morgan fingerprint density at radius 2 is 1.39 bits per heavy atom. The SMILES string of the molecule is CC(=O)CCc1c(-c2ccccc2C(C)C)cccc1C(C)C. The van der Waals surface area contributed by atoms with E-state index in [4.69, 9.17) is 0 Å². The molecule has 23 heavy (non-hydrogen) atoms. The van der Waals surface area contributed by atoms with Gasteiger partial charge in [-0.2, -0.15) is 0 Å². The molecule has 1 heteroatoms. The Morgan fingerprint density at radius 1 is 0.826 bits per heavy atom. The predicted molar refractivity (Wildman–Crippen MR) is 99.1 cm³/mol. The fraction of sp³-hybridized carbons (Fsp3) is 0.409. The van der Waals surface area contributed by atoms with Gasteiger partial charge in [0.2, 0.25) is 0 Å². The normalized spacial score (nSPS) is 11.3. The van der Waals surface area contributed by atoms with Crippen molar-refractivity contribution in [1.29, 1.82) is 0 Å². The Hall–Kier alpha value is -1.89. The molecule has 2 rings (SSSR count). The molecule has 0 aromatic heterocycles. The second kappa shape index (κ2) is 7.59. The number of hydrogen-bond donors (Lipinski definition) is 0. The molecule has 0 spiro atoms. The quantitative estimate of drug-likeness (QED) is 0.628. The maximum absolute atomic E-state index is 11.5. The highest BCUT2D eigenvalue weighted by Crippen LogP contribution is 2.35. The van der Waals surface area contributed by atoms with Crippen molar-refractivity contribution in [2.45, 2.75) is 59.3 Å². The van der Waals surface area contributed by atoms with Crippen LogP contribution in [0.5, 0.6) is 0 Å². The van der Waals surface area contributed by atoms with Crippen molar-refractivity contribution >= 4 is 5.78 Å². The third kappa shape index (κ3) is 4.10. The Labute approximate surface area is 140 Å². The maximum Gasteiger partial charge on any atom is 0.130 e. The smallest absolute Gasteiger partial charge is 0.130 e. The molecule has 0 bridgehead atoms. The molecule has 0 N–H and O–H groups in total. The number of Topliss-reactive ketones (excluding diaryl/α,β-unsaturated/α-hetero) is 1. The van der Waals surface area contributed by atoms with E-state index in [0.717, 1.165) is 6.42 Å². The molecule has 0 aliphatic rings. The zero-order valence-electron chi connectivity index (χ0n) is 15.0. The lowest BCUT2D eigenvalue weighted by molar-refractivity contribution is -0.116. The van der Waals surface area contributed by atoms with Gasteiger partial charge in [-0.1, -0.05) is 70.2 Å². The molecule has 0 saturated carbocycles. The van der Waals surface area contributed by atoms with Gasteiger partial charge in [0.15, 0.2) is 0 Å². The van der Waals surface area contributed by atoms with Crippen molar-refractivity contribution in [3.05, 3.63) is 59.2 Å². The van der Waals surface area contributed by atoms with Crippen LogP contribution in [0.4, 0.5) is 0 Å². The van der Waals surface area contributed by atoms with Crippen molar-refractivity contribution < 1.29 is 4.79 Å². The number of ketones is 1. The van der Waals surface area contributed by atoms with Gasteiger partial charge in [-0.25, -0.2) is 0 Å². The summed E-state index contributed by atoms with van der Waals surface area (Å²) in [5.74, 6) is 1.20. The monoisotopic (exact) mass is 308 g/mol. The molecule has 1 nitrogen and oxygen atoms in total. The van der Waals surface area contributed by atoms with Gasteiger partial charge in [0.25, 0.3) is 0 Å². The van der Waals surface area contributed by atoms with Crippen LogP contribution in [0.2, 0.25) is 0 Å². The van der Waals surface area contributed by atoms with E-state index in [9.17, 15) is 4.79 Å². The number of carbonyl (C=O) groups excluding carboxylic acids is 1. The Kier molecular flexibility index (Phi) is 5.76. The summed E-state index contributed by atoms with van der Waals surface area (Å²) in [5.41, 5.74) is 6.68. The van der Waals surface area contributed by atoms with Crippen LogP contribution in [0.1, 0.15) is 69.6 Å². The van der Waals surface area contributed by atoms with Crippen molar-refractivity contribution in [2.24, 2.45) is 0 Å². The van der Waals surface area contributed by atoms with E-state index in [0.29, 0.717) is 18.3 Å². The number of carbonyl (C=O) groups is 1. The first kappa shape index (κ1) is 17.5. The fourth-order valence-electron chi connectivity index (χ4n) is 3.22. The van der Waals surface area contributed by atoms with E-state index in [1.54, 1.807) is 6.92 Å². The van der Waals surface area contributed by atoms with E-state index in [1.165, 1.54) is 27.8 Å². The van der Waals surface area contributed by atoms with Gasteiger partial charge >= 0.3 is 0 Å². The molecule has 0 atom stereocenters. The van der Waals surface area contributed by atoms with E-state index in [1.807, 2.05) is 0 Å². The summed E-state index contributed by atoms with van der Waals surface area (Å²) in [6.45, 7) is 10.6. The topological polar surface area (TPSA) is 17.1 Å². The highest BCUT2D eigenvalue weighted by atomic mass is 16.1. The summed E-state index contributed by atoms with van der Waals surface area (Å²) in [7, 11) is 0. The van der Waals surface area contributed by atoms with Crippen LogP contribution >= 0.6 is 0 Å². The lowest BCUT2D eigenvalue weighted by Crippen LogP contribution is -2.04. The van der Waals surface area contributed by atoms with Crippen LogP contribution < -0.4 is 0 Å². The Bertz CT molecular complexity index is 680. The van der Waals surface area contributed by atoms with E-state index in [2.05, 4.69) is 70.2 Å². The van der Waals surface area contributed by atoms with Crippen molar-refractivity contribution in [2.75, 3.05) is 0 Å².